The van der Waals surface area contributed by atoms with Crippen molar-refractivity contribution in [3.63, 3.8) is 0 Å². The van der Waals surface area contributed by atoms with Crippen LogP contribution in [0.5, 0.6) is 0 Å². The van der Waals surface area contributed by atoms with Crippen molar-refractivity contribution in [1.29, 1.82) is 0 Å². The molecule has 6 rings (SSSR count). The third-order valence-electron chi connectivity index (χ3n) is 9.01. The molecule has 8 nitrogen and oxygen atoms in total. The summed E-state index contributed by atoms with van der Waals surface area (Å²) in [5, 5.41) is 1.27. The Morgan fingerprint density at radius 3 is 2.43 bits per heavy atom. The van der Waals surface area contributed by atoms with E-state index in [1.165, 1.54) is 24.8 Å². The van der Waals surface area contributed by atoms with Crippen LogP contribution in [0.1, 0.15) is 67.8 Å². The summed E-state index contributed by atoms with van der Waals surface area (Å²) in [4.78, 5) is 48.4. The predicted molar refractivity (Wildman–Crippen MR) is 172 cm³/mol. The van der Waals surface area contributed by atoms with E-state index in [1.807, 2.05) is 42.2 Å². The number of ether oxygens (including phenoxy) is 1. The van der Waals surface area contributed by atoms with Gasteiger partial charge in [-0.2, -0.15) is 0 Å². The van der Waals surface area contributed by atoms with Crippen molar-refractivity contribution < 1.29 is 14.3 Å². The zero-order valence-electron chi connectivity index (χ0n) is 25.6. The van der Waals surface area contributed by atoms with Crippen LogP contribution >= 0.6 is 11.8 Å². The molecule has 1 saturated carbocycles. The standard InChI is InChI=1S/C35H42N4O4S/c1-2-43-32(40)18-17-25-13-15-26(16-14-25)21-37-22-27(23-37)33(41)38-20-19-31-30(24-38)34(42)39(28-9-5-3-6-10-28)35(36-31)44-29-11-7-4-8-12-29/h3,5-6,9-10,13-16,27,29H,2,4,7-8,11-12,17-24H2,1H3. The smallest absolute Gasteiger partial charge is 0.306 e. The minimum Gasteiger partial charge on any atom is -0.466 e. The number of aryl methyl sites for hydroxylation is 1. The average Bonchev–Trinajstić information content (AvgIpc) is 3.03. The van der Waals surface area contributed by atoms with Crippen molar-refractivity contribution in [2.24, 2.45) is 5.92 Å². The number of thioether (sulfide) groups is 1. The van der Waals surface area contributed by atoms with Crippen molar-refractivity contribution in [1.82, 2.24) is 19.4 Å². The van der Waals surface area contributed by atoms with Gasteiger partial charge in [0.1, 0.15) is 0 Å². The molecule has 2 aliphatic heterocycles. The Hall–Kier alpha value is -3.43. The van der Waals surface area contributed by atoms with Crippen LogP contribution in [-0.4, -0.2) is 62.7 Å². The first-order valence-electron chi connectivity index (χ1n) is 16.1. The molecular weight excluding hydrogens is 572 g/mol. The summed E-state index contributed by atoms with van der Waals surface area (Å²) < 4.78 is 6.79. The fraction of sp³-hybridized carbons (Fsp3) is 0.486. The fourth-order valence-corrected chi connectivity index (χ4v) is 7.84. The molecule has 2 aromatic carbocycles. The number of fused-ring (bicyclic) bond motifs is 1. The molecule has 232 valence electrons. The van der Waals surface area contributed by atoms with E-state index in [0.717, 1.165) is 54.6 Å². The van der Waals surface area contributed by atoms with E-state index in [4.69, 9.17) is 9.72 Å². The zero-order valence-corrected chi connectivity index (χ0v) is 26.4. The number of para-hydroxylation sites is 1. The second-order valence-corrected chi connectivity index (χ2v) is 13.5. The van der Waals surface area contributed by atoms with Gasteiger partial charge in [-0.15, -0.1) is 0 Å². The van der Waals surface area contributed by atoms with Crippen LogP contribution < -0.4 is 5.56 Å². The van der Waals surface area contributed by atoms with E-state index >= 15 is 0 Å². The van der Waals surface area contributed by atoms with E-state index in [2.05, 4.69) is 29.2 Å². The van der Waals surface area contributed by atoms with E-state index in [1.54, 1.807) is 16.3 Å². The summed E-state index contributed by atoms with van der Waals surface area (Å²) in [6.07, 6.45) is 7.76. The Labute approximate surface area is 263 Å². The van der Waals surface area contributed by atoms with Crippen molar-refractivity contribution in [2.75, 3.05) is 26.2 Å². The summed E-state index contributed by atoms with van der Waals surface area (Å²) in [6, 6.07) is 18.1. The molecule has 3 heterocycles. The summed E-state index contributed by atoms with van der Waals surface area (Å²) in [6.45, 7) is 5.38. The molecule has 3 aliphatic rings. The van der Waals surface area contributed by atoms with Gasteiger partial charge in [-0.1, -0.05) is 73.5 Å². The molecule has 1 aromatic heterocycles. The van der Waals surface area contributed by atoms with Crippen LogP contribution in [-0.2, 0) is 40.3 Å². The monoisotopic (exact) mass is 614 g/mol. The number of nitrogens with zero attached hydrogens (tertiary/aromatic N) is 4. The van der Waals surface area contributed by atoms with Crippen LogP contribution in [0.2, 0.25) is 0 Å². The molecule has 9 heteroatoms. The van der Waals surface area contributed by atoms with Crippen molar-refractivity contribution >= 4 is 23.6 Å². The van der Waals surface area contributed by atoms with Crippen molar-refractivity contribution in [3.8, 4) is 5.69 Å². The number of aromatic nitrogens is 2. The molecule has 0 radical (unpaired) electrons. The number of benzene rings is 2. The fourth-order valence-electron chi connectivity index (χ4n) is 6.52. The largest absolute Gasteiger partial charge is 0.466 e. The van der Waals surface area contributed by atoms with Crippen LogP contribution in [0, 0.1) is 5.92 Å². The average molecular weight is 615 g/mol. The highest BCUT2D eigenvalue weighted by Crippen LogP contribution is 2.34. The minimum atomic E-state index is -0.165. The SMILES string of the molecule is CCOC(=O)CCc1ccc(CN2CC(C(=O)N3CCc4nc(SC5CCCCC5)n(-c5ccccc5)c(=O)c4C3)C2)cc1. The lowest BCUT2D eigenvalue weighted by atomic mass is 9.95. The molecule has 1 aliphatic carbocycles. The Morgan fingerprint density at radius 2 is 1.70 bits per heavy atom. The molecule has 0 bridgehead atoms. The van der Waals surface area contributed by atoms with Gasteiger partial charge in [0.05, 0.1) is 36.0 Å². The van der Waals surface area contributed by atoms with Crippen molar-refractivity contribution in [3.05, 3.63) is 87.3 Å². The number of likely N-dealkylation sites (tertiary alicyclic amines) is 1. The quantitative estimate of drug-likeness (QED) is 0.230. The van der Waals surface area contributed by atoms with Gasteiger partial charge in [-0.3, -0.25) is 23.9 Å². The van der Waals surface area contributed by atoms with E-state index < -0.39 is 0 Å². The van der Waals surface area contributed by atoms with Gasteiger partial charge in [-0.25, -0.2) is 4.98 Å². The van der Waals surface area contributed by atoms with Gasteiger partial charge in [0.25, 0.3) is 5.56 Å². The Morgan fingerprint density at radius 1 is 0.977 bits per heavy atom. The zero-order chi connectivity index (χ0) is 30.5. The number of amides is 1. The first-order valence-corrected chi connectivity index (χ1v) is 17.0. The first-order chi connectivity index (χ1) is 21.5. The lowest BCUT2D eigenvalue weighted by molar-refractivity contribution is -0.143. The van der Waals surface area contributed by atoms with Crippen LogP contribution in [0.3, 0.4) is 0 Å². The molecule has 0 atom stereocenters. The number of carbonyl (C=O) groups excluding carboxylic acids is 2. The molecule has 0 unspecified atom stereocenters. The number of hydrogen-bond donors (Lipinski definition) is 0. The number of esters is 1. The van der Waals surface area contributed by atoms with Gasteiger partial charge in [-0.05, 0) is 49.4 Å². The lowest BCUT2D eigenvalue weighted by Gasteiger charge is -2.41. The Balaban J connectivity index is 1.08. The second kappa shape index (κ2) is 14.1. The van der Waals surface area contributed by atoms with Gasteiger partial charge in [0, 0.05) is 44.3 Å². The molecular formula is C35H42N4O4S. The lowest BCUT2D eigenvalue weighted by Crippen LogP contribution is -2.55. The molecule has 0 spiro atoms. The number of hydrogen-bond acceptors (Lipinski definition) is 7. The summed E-state index contributed by atoms with van der Waals surface area (Å²) in [5.41, 5.74) is 4.60. The maximum atomic E-state index is 14.0. The first kappa shape index (κ1) is 30.6. The van der Waals surface area contributed by atoms with Gasteiger partial charge in [0.15, 0.2) is 5.16 Å². The molecule has 2 fully saturated rings. The summed E-state index contributed by atoms with van der Waals surface area (Å²) in [7, 11) is 0. The highest BCUT2D eigenvalue weighted by molar-refractivity contribution is 7.99. The molecule has 44 heavy (non-hydrogen) atoms. The number of carbonyl (C=O) groups is 2. The van der Waals surface area contributed by atoms with E-state index in [0.29, 0.717) is 49.8 Å². The second-order valence-electron chi connectivity index (χ2n) is 12.2. The number of rotatable bonds is 10. The van der Waals surface area contributed by atoms with Crippen LogP contribution in [0.4, 0.5) is 0 Å². The molecule has 1 saturated heterocycles. The topological polar surface area (TPSA) is 84.7 Å². The van der Waals surface area contributed by atoms with Gasteiger partial charge < -0.3 is 9.64 Å². The Kier molecular flexibility index (Phi) is 9.82. The normalized spacial score (nSPS) is 17.6. The van der Waals surface area contributed by atoms with Gasteiger partial charge in [0.2, 0.25) is 5.91 Å². The summed E-state index contributed by atoms with van der Waals surface area (Å²) in [5.74, 6) is -0.0834. The highest BCUT2D eigenvalue weighted by Gasteiger charge is 2.37. The van der Waals surface area contributed by atoms with Crippen LogP contribution in [0.15, 0.2) is 64.5 Å². The predicted octanol–water partition coefficient (Wildman–Crippen LogP) is 5.17. The van der Waals surface area contributed by atoms with Gasteiger partial charge >= 0.3 is 5.97 Å². The molecule has 1 amide bonds. The Bertz CT molecular complexity index is 1510. The summed E-state index contributed by atoms with van der Waals surface area (Å²) >= 11 is 1.75. The van der Waals surface area contributed by atoms with E-state index in [-0.39, 0.29) is 23.4 Å². The third kappa shape index (κ3) is 7.10. The third-order valence-corrected chi connectivity index (χ3v) is 10.3. The molecule has 0 N–H and O–H groups in total. The molecule has 3 aromatic rings. The highest BCUT2D eigenvalue weighted by atomic mass is 32.2. The van der Waals surface area contributed by atoms with Crippen LogP contribution in [0.25, 0.3) is 5.69 Å². The van der Waals surface area contributed by atoms with E-state index in [9.17, 15) is 14.4 Å². The minimum absolute atomic E-state index is 0.0436. The maximum Gasteiger partial charge on any atom is 0.306 e. The van der Waals surface area contributed by atoms with Crippen molar-refractivity contribution in [2.45, 2.75) is 81.8 Å². The maximum absolute atomic E-state index is 14.0.